The van der Waals surface area contributed by atoms with Gasteiger partial charge in [-0.25, -0.2) is 0 Å². The van der Waals surface area contributed by atoms with Gasteiger partial charge in [0.25, 0.3) is 5.91 Å². The zero-order valence-corrected chi connectivity index (χ0v) is 12.1. The highest BCUT2D eigenvalue weighted by Gasteiger charge is 2.29. The summed E-state index contributed by atoms with van der Waals surface area (Å²) in [7, 11) is 0. The minimum atomic E-state index is -0.934. The molecular weight excluding hydrogens is 296 g/mol. The lowest BCUT2D eigenvalue weighted by Crippen LogP contribution is -2.43. The molecule has 23 heavy (non-hydrogen) atoms. The van der Waals surface area contributed by atoms with Crippen molar-refractivity contribution in [1.82, 2.24) is 10.3 Å². The van der Waals surface area contributed by atoms with Crippen LogP contribution in [-0.2, 0) is 9.59 Å². The van der Waals surface area contributed by atoms with Crippen LogP contribution in [0.3, 0.4) is 0 Å². The van der Waals surface area contributed by atoms with Crippen molar-refractivity contribution in [3.8, 4) is 0 Å². The fraction of sp³-hybridized carbons (Fsp3) is 0.125. The molecule has 0 fully saturated rings. The first-order chi connectivity index (χ1) is 11.1. The van der Waals surface area contributed by atoms with Gasteiger partial charge in [-0.05, 0) is 24.3 Å². The molecule has 1 aliphatic heterocycles. The molecule has 3 amide bonds. The van der Waals surface area contributed by atoms with Crippen molar-refractivity contribution in [1.29, 1.82) is 0 Å². The molecule has 3 rings (SSSR count). The Hall–Kier alpha value is -3.22. The number of pyridine rings is 1. The van der Waals surface area contributed by atoms with Gasteiger partial charge in [0, 0.05) is 18.1 Å². The van der Waals surface area contributed by atoms with E-state index in [2.05, 4.69) is 20.9 Å². The quantitative estimate of drug-likeness (QED) is 0.792. The van der Waals surface area contributed by atoms with Crippen molar-refractivity contribution in [2.24, 2.45) is 0 Å². The van der Waals surface area contributed by atoms with Crippen LogP contribution < -0.4 is 16.0 Å². The number of nitrogens with zero attached hydrogens (tertiary/aromatic N) is 1. The Labute approximate surface area is 132 Å². The molecule has 1 aromatic heterocycles. The summed E-state index contributed by atoms with van der Waals surface area (Å²) in [4.78, 5) is 40.3. The van der Waals surface area contributed by atoms with Gasteiger partial charge in [0.05, 0.1) is 17.7 Å². The summed E-state index contributed by atoms with van der Waals surface area (Å²) < 4.78 is 0. The third-order valence-electron chi connectivity index (χ3n) is 3.40. The monoisotopic (exact) mass is 310 g/mol. The highest BCUT2D eigenvalue weighted by Crippen LogP contribution is 2.19. The van der Waals surface area contributed by atoms with Gasteiger partial charge in [-0.15, -0.1) is 0 Å². The zero-order valence-electron chi connectivity index (χ0n) is 12.1. The number of anilines is 2. The number of hydrogen-bond donors (Lipinski definition) is 3. The number of amides is 3. The molecule has 0 radical (unpaired) electrons. The smallest absolute Gasteiger partial charge is 0.254 e. The number of aromatic nitrogens is 1. The van der Waals surface area contributed by atoms with Gasteiger partial charge in [-0.2, -0.15) is 0 Å². The average molecular weight is 310 g/mol. The molecule has 1 aromatic carbocycles. The summed E-state index contributed by atoms with van der Waals surface area (Å²) in [6.07, 6.45) is 2.94. The van der Waals surface area contributed by atoms with Gasteiger partial charge < -0.3 is 16.0 Å². The summed E-state index contributed by atoms with van der Waals surface area (Å²) in [5.74, 6) is -1.18. The third kappa shape index (κ3) is 3.34. The average Bonchev–Trinajstić information content (AvgIpc) is 2.66. The van der Waals surface area contributed by atoms with Crippen LogP contribution in [-0.4, -0.2) is 28.7 Å². The van der Waals surface area contributed by atoms with E-state index in [-0.39, 0.29) is 18.2 Å². The molecule has 0 bridgehead atoms. The van der Waals surface area contributed by atoms with Crippen molar-refractivity contribution in [3.63, 3.8) is 0 Å². The number of rotatable bonds is 3. The molecule has 0 saturated carbocycles. The molecule has 116 valence electrons. The highest BCUT2D eigenvalue weighted by atomic mass is 16.2. The maximum Gasteiger partial charge on any atom is 0.254 e. The molecule has 1 aliphatic rings. The normalized spacial score (nSPS) is 16.6. The van der Waals surface area contributed by atoms with Crippen LogP contribution in [0.2, 0.25) is 0 Å². The molecule has 2 heterocycles. The first kappa shape index (κ1) is 14.7. The van der Waals surface area contributed by atoms with E-state index in [4.69, 9.17) is 0 Å². The topological polar surface area (TPSA) is 100 Å². The van der Waals surface area contributed by atoms with Crippen LogP contribution in [0.5, 0.6) is 0 Å². The first-order valence-corrected chi connectivity index (χ1v) is 7.04. The summed E-state index contributed by atoms with van der Waals surface area (Å²) in [6.45, 7) is 0. The van der Waals surface area contributed by atoms with Crippen LogP contribution in [0, 0.1) is 0 Å². The second-order valence-electron chi connectivity index (χ2n) is 5.05. The van der Waals surface area contributed by atoms with Gasteiger partial charge in [0.15, 0.2) is 0 Å². The van der Waals surface area contributed by atoms with Crippen LogP contribution in [0.15, 0.2) is 48.8 Å². The number of carbonyl (C=O) groups is 3. The van der Waals surface area contributed by atoms with Crippen LogP contribution >= 0.6 is 0 Å². The van der Waals surface area contributed by atoms with Crippen molar-refractivity contribution in [3.05, 3.63) is 54.4 Å². The van der Waals surface area contributed by atoms with E-state index in [9.17, 15) is 14.4 Å². The largest absolute Gasteiger partial charge is 0.340 e. The molecule has 3 N–H and O–H groups in total. The van der Waals surface area contributed by atoms with E-state index in [1.807, 2.05) is 0 Å². The number of hydrogen-bond acceptors (Lipinski definition) is 4. The van der Waals surface area contributed by atoms with E-state index in [1.54, 1.807) is 48.8 Å². The summed E-state index contributed by atoms with van der Waals surface area (Å²) >= 11 is 0. The third-order valence-corrected chi connectivity index (χ3v) is 3.40. The number of benzene rings is 1. The van der Waals surface area contributed by atoms with Crippen molar-refractivity contribution < 1.29 is 14.4 Å². The Morgan fingerprint density at radius 1 is 1.13 bits per heavy atom. The Balaban J connectivity index is 1.70. The number of fused-ring (bicyclic) bond motifs is 1. The molecule has 7 nitrogen and oxygen atoms in total. The molecular formula is C16H14N4O3. The second kappa shape index (κ2) is 6.27. The minimum Gasteiger partial charge on any atom is -0.340 e. The van der Waals surface area contributed by atoms with Gasteiger partial charge in [-0.1, -0.05) is 12.1 Å². The van der Waals surface area contributed by atoms with E-state index >= 15 is 0 Å². The van der Waals surface area contributed by atoms with Crippen LogP contribution in [0.1, 0.15) is 16.8 Å². The maximum atomic E-state index is 12.2. The molecule has 1 atom stereocenters. The highest BCUT2D eigenvalue weighted by molar-refractivity contribution is 6.11. The number of para-hydroxylation sites is 1. The lowest BCUT2D eigenvalue weighted by atomic mass is 10.1. The molecule has 1 unspecified atom stereocenters. The van der Waals surface area contributed by atoms with E-state index < -0.39 is 11.9 Å². The SMILES string of the molecule is O=C(CC1NC(=O)c2ccccc2NC1=O)Nc1ccncc1. The van der Waals surface area contributed by atoms with Gasteiger partial charge in [-0.3, -0.25) is 19.4 Å². The van der Waals surface area contributed by atoms with Gasteiger partial charge >= 0.3 is 0 Å². The van der Waals surface area contributed by atoms with E-state index in [1.165, 1.54) is 0 Å². The summed E-state index contributed by atoms with van der Waals surface area (Å²) in [5, 5.41) is 7.89. The summed E-state index contributed by atoms with van der Waals surface area (Å²) in [6, 6.07) is 9.04. The first-order valence-electron chi connectivity index (χ1n) is 7.04. The molecule has 0 aliphatic carbocycles. The zero-order chi connectivity index (χ0) is 16.2. The Morgan fingerprint density at radius 3 is 2.65 bits per heavy atom. The van der Waals surface area contributed by atoms with Crippen molar-refractivity contribution >= 4 is 29.1 Å². The van der Waals surface area contributed by atoms with Gasteiger partial charge in [0.2, 0.25) is 11.8 Å². The Bertz CT molecular complexity index is 761. The number of carbonyl (C=O) groups excluding carboxylic acids is 3. The molecule has 0 spiro atoms. The lowest BCUT2D eigenvalue weighted by Gasteiger charge is -2.14. The van der Waals surface area contributed by atoms with Crippen molar-refractivity contribution in [2.45, 2.75) is 12.5 Å². The van der Waals surface area contributed by atoms with Gasteiger partial charge in [0.1, 0.15) is 6.04 Å². The predicted molar refractivity (Wildman–Crippen MR) is 83.8 cm³/mol. The molecule has 0 saturated heterocycles. The lowest BCUT2D eigenvalue weighted by molar-refractivity contribution is -0.122. The summed E-state index contributed by atoms with van der Waals surface area (Å²) in [5.41, 5.74) is 1.39. The Kier molecular flexibility index (Phi) is 4.01. The maximum absolute atomic E-state index is 12.2. The predicted octanol–water partition coefficient (Wildman–Crippen LogP) is 1.16. The van der Waals surface area contributed by atoms with E-state index in [0.29, 0.717) is 16.9 Å². The van der Waals surface area contributed by atoms with E-state index in [0.717, 1.165) is 0 Å². The fourth-order valence-electron chi connectivity index (χ4n) is 2.29. The Morgan fingerprint density at radius 2 is 1.87 bits per heavy atom. The second-order valence-corrected chi connectivity index (χ2v) is 5.05. The van der Waals surface area contributed by atoms with Crippen LogP contribution in [0.25, 0.3) is 0 Å². The van der Waals surface area contributed by atoms with Crippen LogP contribution in [0.4, 0.5) is 11.4 Å². The standard InChI is InChI=1S/C16H14N4O3/c21-14(18-10-5-7-17-8-6-10)9-13-16(23)19-12-4-2-1-3-11(12)15(22)20-13/h1-8,13H,9H2,(H,19,23)(H,20,22)(H,17,18,21). The van der Waals surface area contributed by atoms with Crippen molar-refractivity contribution in [2.75, 3.05) is 10.6 Å². The molecule has 2 aromatic rings. The molecule has 7 heteroatoms. The number of nitrogens with one attached hydrogen (secondary N) is 3. The minimum absolute atomic E-state index is 0.159. The fourth-order valence-corrected chi connectivity index (χ4v) is 2.29.